The molecule has 0 aliphatic rings. The predicted octanol–water partition coefficient (Wildman–Crippen LogP) is 15.6. The molecule has 0 amide bonds. The Morgan fingerprint density at radius 3 is 1.86 bits per heavy atom. The second-order valence-corrected chi connectivity index (χ2v) is 20.4. The molecule has 0 aliphatic heterocycles. The number of phenolic OH excluding ortho intramolecular Hbond substituents is 1. The minimum Gasteiger partial charge on any atom is -0.507 e. The van der Waals surface area contributed by atoms with Crippen LogP contribution in [-0.2, 0) is 37.3 Å². The zero-order valence-corrected chi connectivity index (χ0v) is 41.4. The van der Waals surface area contributed by atoms with Crippen LogP contribution in [0, 0.1) is 6.07 Å². The fourth-order valence-electron chi connectivity index (χ4n) is 9.32. The van der Waals surface area contributed by atoms with Gasteiger partial charge in [0.15, 0.2) is 0 Å². The zero-order chi connectivity index (χ0) is 45.4. The topological polar surface area (TPSA) is 55.9 Å². The van der Waals surface area contributed by atoms with Crippen molar-refractivity contribution in [3.63, 3.8) is 0 Å². The molecule has 0 aliphatic carbocycles. The van der Waals surface area contributed by atoms with Crippen molar-refractivity contribution in [2.45, 2.75) is 78.6 Å². The summed E-state index contributed by atoms with van der Waals surface area (Å²) in [6.07, 6.45) is 1.91. The molecule has 0 saturated heterocycles. The van der Waals surface area contributed by atoms with E-state index < -0.39 is 0 Å². The number of phenols is 1. The van der Waals surface area contributed by atoms with Crippen LogP contribution in [-0.4, -0.2) is 24.2 Å². The number of fused-ring (bicyclic) bond motifs is 4. The maximum atomic E-state index is 12.5. The molecule has 6 heteroatoms. The van der Waals surface area contributed by atoms with Crippen molar-refractivity contribution in [2.24, 2.45) is 0 Å². The van der Waals surface area contributed by atoms with Crippen LogP contribution in [0.2, 0.25) is 0 Å². The number of nitrogens with zero attached hydrogens (tertiary/aromatic N) is 4. The summed E-state index contributed by atoms with van der Waals surface area (Å²) < 4.78 is 4.59. The number of benzene rings is 7. The molecule has 10 rings (SSSR count). The van der Waals surface area contributed by atoms with E-state index in [1.165, 1.54) is 10.9 Å². The van der Waals surface area contributed by atoms with E-state index >= 15 is 0 Å². The van der Waals surface area contributed by atoms with Crippen molar-refractivity contribution in [3.8, 4) is 62.0 Å². The summed E-state index contributed by atoms with van der Waals surface area (Å²) >= 11 is 0. The molecule has 0 bridgehead atoms. The SMILES string of the molecule is CC(C)(C)c1ccc(-n2c(-c3cc(C(C)(C)C)cc(C(C)(C)C)c3O)nc3c(-c4[c-]c(-c5nccc6c7ccccc7n(-c7ccccc7)c56)ccc4)cccc32)c(-c2ccccc2)c1.[Pt]. The monoisotopic (exact) mass is 1040 g/mol. The van der Waals surface area contributed by atoms with Crippen LogP contribution in [0.4, 0.5) is 0 Å². The van der Waals surface area contributed by atoms with Crippen molar-refractivity contribution >= 4 is 32.8 Å². The summed E-state index contributed by atoms with van der Waals surface area (Å²) in [6.45, 7) is 19.9. The first-order valence-electron chi connectivity index (χ1n) is 22.6. The first-order chi connectivity index (χ1) is 31.1. The Bertz CT molecular complexity index is 3430. The predicted molar refractivity (Wildman–Crippen MR) is 272 cm³/mol. The number of hydrogen-bond acceptors (Lipinski definition) is 3. The van der Waals surface area contributed by atoms with E-state index in [1.807, 2.05) is 6.20 Å². The average Bonchev–Trinajstić information content (AvgIpc) is 3.85. The molecule has 332 valence electrons. The summed E-state index contributed by atoms with van der Waals surface area (Å²) in [5.41, 5.74) is 15.1. The van der Waals surface area contributed by atoms with Gasteiger partial charge in [-0.2, -0.15) is 0 Å². The first kappa shape index (κ1) is 44.6. The van der Waals surface area contributed by atoms with E-state index in [0.29, 0.717) is 11.4 Å². The Hall–Kier alpha value is -6.55. The number of imidazole rings is 1. The molecule has 1 N–H and O–H groups in total. The second kappa shape index (κ2) is 16.7. The molecule has 10 aromatic rings. The Labute approximate surface area is 403 Å². The minimum atomic E-state index is -0.329. The number of rotatable bonds is 6. The maximum absolute atomic E-state index is 12.5. The molecule has 0 radical (unpaired) electrons. The maximum Gasteiger partial charge on any atom is 0.148 e. The van der Waals surface area contributed by atoms with Gasteiger partial charge in [-0.25, -0.2) is 4.98 Å². The van der Waals surface area contributed by atoms with E-state index in [9.17, 15) is 5.11 Å². The molecular formula is C60H55N4OPt-. The molecular weight excluding hydrogens is 988 g/mol. The number of para-hydroxylation sites is 3. The Morgan fingerprint density at radius 2 is 1.15 bits per heavy atom. The standard InChI is InChI=1S/C60H55N4O.Pt/c1-58(2,3)41-30-31-51(47(35-41)38-20-12-10-13-21-38)64-52-29-19-27-44(54(52)62-57(64)48-36-42(59(4,5)6)37-49(56(48)65)60(7,8)9)39-22-18-23-40(34-39)53-55-46(32-33-61-53)45-26-16-17-28-50(45)63(55)43-24-14-11-15-25-43;/h10-33,35-37,65H,1-9H3;/q-1;. The van der Waals surface area contributed by atoms with Crippen LogP contribution in [0.1, 0.15) is 79.0 Å². The molecule has 3 heterocycles. The number of pyridine rings is 1. The van der Waals surface area contributed by atoms with E-state index in [1.54, 1.807) is 0 Å². The van der Waals surface area contributed by atoms with Crippen LogP contribution >= 0.6 is 0 Å². The van der Waals surface area contributed by atoms with Crippen molar-refractivity contribution in [2.75, 3.05) is 0 Å². The third kappa shape index (κ3) is 7.77. The average molecular weight is 1040 g/mol. The summed E-state index contributed by atoms with van der Waals surface area (Å²) in [5, 5.41) is 14.8. The van der Waals surface area contributed by atoms with Gasteiger partial charge in [-0.15, -0.1) is 29.8 Å². The minimum absolute atomic E-state index is 0. The van der Waals surface area contributed by atoms with Gasteiger partial charge < -0.3 is 9.67 Å². The largest absolute Gasteiger partial charge is 0.507 e. The number of aromatic hydroxyl groups is 1. The second-order valence-electron chi connectivity index (χ2n) is 20.4. The third-order valence-corrected chi connectivity index (χ3v) is 12.8. The number of aromatic nitrogens is 4. The Kier molecular flexibility index (Phi) is 11.3. The summed E-state index contributed by atoms with van der Waals surface area (Å²) in [5.74, 6) is 0.926. The molecule has 0 atom stereocenters. The van der Waals surface area contributed by atoms with E-state index in [2.05, 4.69) is 235 Å². The number of hydrogen-bond donors (Lipinski definition) is 1. The van der Waals surface area contributed by atoms with Crippen LogP contribution in [0.3, 0.4) is 0 Å². The van der Waals surface area contributed by atoms with Crippen molar-refractivity contribution in [1.29, 1.82) is 0 Å². The Balaban J connectivity index is 0.00000548. The molecule has 3 aromatic heterocycles. The molecule has 5 nitrogen and oxygen atoms in total. The smallest absolute Gasteiger partial charge is 0.148 e. The fraction of sp³-hybridized carbons (Fsp3) is 0.200. The van der Waals surface area contributed by atoms with Crippen LogP contribution < -0.4 is 0 Å². The van der Waals surface area contributed by atoms with Crippen LogP contribution in [0.5, 0.6) is 5.75 Å². The van der Waals surface area contributed by atoms with Crippen molar-refractivity contribution in [1.82, 2.24) is 19.1 Å². The van der Waals surface area contributed by atoms with Gasteiger partial charge in [-0.1, -0.05) is 164 Å². The van der Waals surface area contributed by atoms with Gasteiger partial charge >= 0.3 is 0 Å². The Morgan fingerprint density at radius 1 is 0.515 bits per heavy atom. The molecule has 0 saturated carbocycles. The van der Waals surface area contributed by atoms with E-state index in [4.69, 9.17) is 9.97 Å². The zero-order valence-electron chi connectivity index (χ0n) is 39.1. The van der Waals surface area contributed by atoms with Gasteiger partial charge in [-0.05, 0) is 81.5 Å². The van der Waals surface area contributed by atoms with Crippen LogP contribution in [0.25, 0.3) is 89.1 Å². The van der Waals surface area contributed by atoms with Crippen molar-refractivity contribution < 1.29 is 26.2 Å². The van der Waals surface area contributed by atoms with Gasteiger partial charge in [-0.3, -0.25) is 9.55 Å². The van der Waals surface area contributed by atoms with Gasteiger partial charge in [0.2, 0.25) is 0 Å². The third-order valence-electron chi connectivity index (χ3n) is 12.8. The quantitative estimate of drug-likeness (QED) is 0.169. The van der Waals surface area contributed by atoms with Crippen molar-refractivity contribution in [3.05, 3.63) is 187 Å². The first-order valence-corrected chi connectivity index (χ1v) is 22.6. The van der Waals surface area contributed by atoms with Crippen LogP contribution in [0.15, 0.2) is 164 Å². The van der Waals surface area contributed by atoms with Gasteiger partial charge in [0.05, 0.1) is 27.8 Å². The molecule has 66 heavy (non-hydrogen) atoms. The molecule has 0 fully saturated rings. The van der Waals surface area contributed by atoms with E-state index in [0.717, 1.165) is 83.5 Å². The van der Waals surface area contributed by atoms with Gasteiger partial charge in [0.25, 0.3) is 0 Å². The van der Waals surface area contributed by atoms with Gasteiger partial charge in [0.1, 0.15) is 11.6 Å². The molecule has 7 aromatic carbocycles. The van der Waals surface area contributed by atoms with Gasteiger partial charge in [0, 0.05) is 66.1 Å². The summed E-state index contributed by atoms with van der Waals surface area (Å²) in [4.78, 5) is 10.7. The normalized spacial score (nSPS) is 12.3. The molecule has 0 spiro atoms. The van der Waals surface area contributed by atoms with E-state index in [-0.39, 0.29) is 43.1 Å². The molecule has 0 unspecified atom stereocenters. The summed E-state index contributed by atoms with van der Waals surface area (Å²) in [7, 11) is 0. The fourth-order valence-corrected chi connectivity index (χ4v) is 9.32. The summed E-state index contributed by atoms with van der Waals surface area (Å²) in [6, 6.07) is 59.5.